The van der Waals surface area contributed by atoms with E-state index in [2.05, 4.69) is 44.3 Å². The van der Waals surface area contributed by atoms with Crippen molar-refractivity contribution in [2.24, 2.45) is 5.73 Å². The molecule has 2 N–H and O–H groups in total. The van der Waals surface area contributed by atoms with Gasteiger partial charge in [0.2, 0.25) is 0 Å². The molecular weight excluding hydrogens is 301 g/mol. The highest BCUT2D eigenvalue weighted by molar-refractivity contribution is 14.1. The fourth-order valence-corrected chi connectivity index (χ4v) is 2.14. The Bertz CT molecular complexity index is 451. The van der Waals surface area contributed by atoms with E-state index in [4.69, 9.17) is 5.73 Å². The number of halogens is 1. The first-order valence-corrected chi connectivity index (χ1v) is 5.87. The third kappa shape index (κ3) is 2.21. The number of benzene rings is 1. The molecule has 0 aliphatic carbocycles. The number of hydrogen-bond donors (Lipinski definition) is 1. The summed E-state index contributed by atoms with van der Waals surface area (Å²) in [5.41, 5.74) is 6.72. The topological polar surface area (TPSA) is 43.8 Å². The monoisotopic (exact) mass is 313 g/mol. The van der Waals surface area contributed by atoms with Crippen LogP contribution in [0, 0.1) is 3.57 Å². The Hall–Kier alpha value is -0.880. The number of nitrogens with zero attached hydrogens (tertiary/aromatic N) is 2. The molecule has 0 aliphatic rings. The van der Waals surface area contributed by atoms with Crippen LogP contribution in [0.25, 0.3) is 11.4 Å². The summed E-state index contributed by atoms with van der Waals surface area (Å²) < 4.78 is 3.29. The van der Waals surface area contributed by atoms with E-state index in [1.165, 1.54) is 3.57 Å². The molecule has 1 heterocycles. The largest absolute Gasteiger partial charge is 0.330 e. The van der Waals surface area contributed by atoms with Gasteiger partial charge in [0, 0.05) is 34.6 Å². The van der Waals surface area contributed by atoms with Crippen LogP contribution in [0.5, 0.6) is 0 Å². The summed E-state index contributed by atoms with van der Waals surface area (Å²) in [4.78, 5) is 4.37. The third-order valence-electron chi connectivity index (χ3n) is 2.20. The molecule has 3 nitrogen and oxygen atoms in total. The first-order chi connectivity index (χ1) is 7.33. The van der Waals surface area contributed by atoms with Crippen LogP contribution in [0.1, 0.15) is 0 Å². The zero-order valence-electron chi connectivity index (χ0n) is 8.23. The molecule has 0 amide bonds. The van der Waals surface area contributed by atoms with E-state index in [9.17, 15) is 0 Å². The normalized spacial score (nSPS) is 10.5. The van der Waals surface area contributed by atoms with Gasteiger partial charge in [0.05, 0.1) is 0 Å². The summed E-state index contributed by atoms with van der Waals surface area (Å²) in [5.74, 6) is 0.991. The van der Waals surface area contributed by atoms with Crippen LogP contribution in [-0.4, -0.2) is 16.1 Å². The number of rotatable bonds is 3. The first-order valence-electron chi connectivity index (χ1n) is 4.79. The Morgan fingerprint density at radius 3 is 2.87 bits per heavy atom. The van der Waals surface area contributed by atoms with Crippen molar-refractivity contribution in [2.75, 3.05) is 6.54 Å². The van der Waals surface area contributed by atoms with Crippen LogP contribution >= 0.6 is 22.6 Å². The maximum Gasteiger partial charge on any atom is 0.140 e. The molecule has 0 fully saturated rings. The molecular formula is C11H12IN3. The van der Waals surface area contributed by atoms with E-state index >= 15 is 0 Å². The van der Waals surface area contributed by atoms with Gasteiger partial charge in [-0.15, -0.1) is 0 Å². The van der Waals surface area contributed by atoms with E-state index in [0.29, 0.717) is 6.54 Å². The lowest BCUT2D eigenvalue weighted by Gasteiger charge is -2.07. The Morgan fingerprint density at radius 1 is 1.33 bits per heavy atom. The summed E-state index contributed by atoms with van der Waals surface area (Å²) in [5, 5.41) is 0. The molecule has 0 bridgehead atoms. The Kier molecular flexibility index (Phi) is 3.37. The second-order valence-electron chi connectivity index (χ2n) is 3.21. The van der Waals surface area contributed by atoms with Crippen LogP contribution in [0.4, 0.5) is 0 Å². The van der Waals surface area contributed by atoms with Crippen molar-refractivity contribution in [3.63, 3.8) is 0 Å². The minimum Gasteiger partial charge on any atom is -0.330 e. The lowest BCUT2D eigenvalue weighted by atomic mass is 10.2. The molecule has 0 saturated heterocycles. The number of hydrogen-bond acceptors (Lipinski definition) is 2. The standard InChI is InChI=1S/C11H12IN3/c12-10-4-2-1-3-9(10)11-14-6-8-15(11)7-5-13/h1-4,6,8H,5,7,13H2. The number of nitrogens with two attached hydrogens (primary N) is 1. The second kappa shape index (κ2) is 4.76. The van der Waals surface area contributed by atoms with Crippen molar-refractivity contribution >= 4 is 22.6 Å². The molecule has 2 rings (SSSR count). The lowest BCUT2D eigenvalue weighted by molar-refractivity contribution is 0.715. The van der Waals surface area contributed by atoms with Gasteiger partial charge in [-0.1, -0.05) is 18.2 Å². The highest BCUT2D eigenvalue weighted by atomic mass is 127. The summed E-state index contributed by atoms with van der Waals surface area (Å²) in [6, 6.07) is 8.22. The van der Waals surface area contributed by atoms with Crippen molar-refractivity contribution < 1.29 is 0 Å². The molecule has 2 aromatic rings. The molecule has 4 heteroatoms. The van der Waals surface area contributed by atoms with Crippen LogP contribution in [-0.2, 0) is 6.54 Å². The van der Waals surface area contributed by atoms with Crippen LogP contribution < -0.4 is 5.73 Å². The van der Waals surface area contributed by atoms with Crippen molar-refractivity contribution in [3.8, 4) is 11.4 Å². The van der Waals surface area contributed by atoms with E-state index in [-0.39, 0.29) is 0 Å². The average molecular weight is 313 g/mol. The van der Waals surface area contributed by atoms with Gasteiger partial charge in [0.25, 0.3) is 0 Å². The highest BCUT2D eigenvalue weighted by Gasteiger charge is 2.07. The van der Waals surface area contributed by atoms with Gasteiger partial charge in [-0.25, -0.2) is 4.98 Å². The summed E-state index contributed by atoms with van der Waals surface area (Å²) in [6.07, 6.45) is 3.78. The molecule has 0 atom stereocenters. The average Bonchev–Trinajstić information content (AvgIpc) is 2.67. The van der Waals surface area contributed by atoms with Crippen molar-refractivity contribution in [1.29, 1.82) is 0 Å². The summed E-state index contributed by atoms with van der Waals surface area (Å²) >= 11 is 2.32. The van der Waals surface area contributed by atoms with Crippen molar-refractivity contribution in [1.82, 2.24) is 9.55 Å². The van der Waals surface area contributed by atoms with Crippen LogP contribution in [0.2, 0.25) is 0 Å². The second-order valence-corrected chi connectivity index (χ2v) is 4.37. The van der Waals surface area contributed by atoms with E-state index in [1.54, 1.807) is 0 Å². The SMILES string of the molecule is NCCn1ccnc1-c1ccccc1I. The number of imidazole rings is 1. The zero-order valence-corrected chi connectivity index (χ0v) is 10.4. The van der Waals surface area contributed by atoms with E-state index in [1.807, 2.05) is 24.5 Å². The van der Waals surface area contributed by atoms with E-state index < -0.39 is 0 Å². The smallest absolute Gasteiger partial charge is 0.140 e. The predicted molar refractivity (Wildman–Crippen MR) is 69.4 cm³/mol. The van der Waals surface area contributed by atoms with Crippen molar-refractivity contribution in [3.05, 3.63) is 40.2 Å². The molecule has 1 aromatic heterocycles. The molecule has 1 aromatic carbocycles. The summed E-state index contributed by atoms with van der Waals surface area (Å²) in [6.45, 7) is 1.44. The quantitative estimate of drug-likeness (QED) is 0.882. The maximum atomic E-state index is 5.55. The van der Waals surface area contributed by atoms with Gasteiger partial charge in [-0.05, 0) is 28.7 Å². The molecule has 0 spiro atoms. The Balaban J connectivity index is 2.45. The maximum absolute atomic E-state index is 5.55. The molecule has 0 saturated carbocycles. The highest BCUT2D eigenvalue weighted by Crippen LogP contribution is 2.23. The van der Waals surface area contributed by atoms with Gasteiger partial charge < -0.3 is 10.3 Å². The van der Waals surface area contributed by atoms with Gasteiger partial charge in [0.15, 0.2) is 0 Å². The third-order valence-corrected chi connectivity index (χ3v) is 3.14. The fraction of sp³-hybridized carbons (Fsp3) is 0.182. The van der Waals surface area contributed by atoms with Crippen LogP contribution in [0.3, 0.4) is 0 Å². The summed E-state index contributed by atoms with van der Waals surface area (Å²) in [7, 11) is 0. The van der Waals surface area contributed by atoms with Gasteiger partial charge >= 0.3 is 0 Å². The van der Waals surface area contributed by atoms with E-state index in [0.717, 1.165) is 17.9 Å². The van der Waals surface area contributed by atoms with Crippen LogP contribution in [0.15, 0.2) is 36.7 Å². The minimum atomic E-state index is 0.632. The van der Waals surface area contributed by atoms with Gasteiger partial charge in [-0.3, -0.25) is 0 Å². The number of aromatic nitrogens is 2. The van der Waals surface area contributed by atoms with Crippen molar-refractivity contribution in [2.45, 2.75) is 6.54 Å². The molecule has 0 radical (unpaired) electrons. The Morgan fingerprint density at radius 2 is 2.13 bits per heavy atom. The Labute approximate surface area is 102 Å². The molecule has 0 aliphatic heterocycles. The fourth-order valence-electron chi connectivity index (χ4n) is 1.52. The molecule has 15 heavy (non-hydrogen) atoms. The predicted octanol–water partition coefficient (Wildman–Crippen LogP) is 2.11. The minimum absolute atomic E-state index is 0.632. The lowest BCUT2D eigenvalue weighted by Crippen LogP contribution is -2.10. The molecule has 78 valence electrons. The van der Waals surface area contributed by atoms with Gasteiger partial charge in [-0.2, -0.15) is 0 Å². The zero-order chi connectivity index (χ0) is 10.7. The first kappa shape index (κ1) is 10.6. The molecule has 0 unspecified atom stereocenters. The van der Waals surface area contributed by atoms with Gasteiger partial charge in [0.1, 0.15) is 5.82 Å².